The van der Waals surface area contributed by atoms with Crippen LogP contribution in [0.2, 0.25) is 0 Å². The average Bonchev–Trinajstić information content (AvgIpc) is 2.71. The number of unbranched alkanes of at least 4 members (excludes halogenated alkanes) is 1. The van der Waals surface area contributed by atoms with Gasteiger partial charge in [0.1, 0.15) is 0 Å². The summed E-state index contributed by atoms with van der Waals surface area (Å²) in [6.45, 7) is 2.09. The molecule has 0 saturated carbocycles. The minimum atomic E-state index is -4.53. The van der Waals surface area contributed by atoms with Gasteiger partial charge in [-0.2, -0.15) is 0 Å². The van der Waals surface area contributed by atoms with Gasteiger partial charge in [0.15, 0.2) is 11.5 Å². The van der Waals surface area contributed by atoms with Gasteiger partial charge < -0.3 is 25.0 Å². The van der Waals surface area contributed by atoms with Crippen molar-refractivity contribution < 1.29 is 28.3 Å². The Bertz CT molecular complexity index is 822. The number of hydrogen-bond donors (Lipinski definition) is 3. The Hall–Kier alpha value is -1.89. The first-order valence-electron chi connectivity index (χ1n) is 10.0. The first kappa shape index (κ1) is 24.4. The molecule has 0 spiro atoms. The van der Waals surface area contributed by atoms with Gasteiger partial charge in [0.2, 0.25) is 0 Å². The molecule has 0 aliphatic heterocycles. The van der Waals surface area contributed by atoms with Gasteiger partial charge >= 0.3 is 7.82 Å². The van der Waals surface area contributed by atoms with Gasteiger partial charge in [0.05, 0.1) is 20.3 Å². The van der Waals surface area contributed by atoms with Gasteiger partial charge in [-0.3, -0.25) is 4.52 Å². The first-order valence-corrected chi connectivity index (χ1v) is 11.5. The molecule has 4 N–H and O–H groups in total. The van der Waals surface area contributed by atoms with E-state index in [2.05, 4.69) is 28.8 Å². The Kier molecular flexibility index (Phi) is 9.34. The lowest BCUT2D eigenvalue weighted by Gasteiger charge is -2.24. The van der Waals surface area contributed by atoms with Crippen molar-refractivity contribution in [1.82, 2.24) is 0 Å². The van der Waals surface area contributed by atoms with E-state index >= 15 is 0 Å². The number of hydrogen-bond acceptors (Lipinski definition) is 5. The predicted octanol–water partition coefficient (Wildman–Crippen LogP) is 3.86. The van der Waals surface area contributed by atoms with Crippen molar-refractivity contribution in [2.75, 3.05) is 20.3 Å². The van der Waals surface area contributed by atoms with Crippen LogP contribution in [0.1, 0.15) is 37.3 Å². The number of nitrogens with two attached hydrogens (primary N) is 1. The second-order valence-electron chi connectivity index (χ2n) is 7.69. The van der Waals surface area contributed by atoms with E-state index in [1.54, 1.807) is 14.0 Å². The Morgan fingerprint density at radius 3 is 2.40 bits per heavy atom. The summed E-state index contributed by atoms with van der Waals surface area (Å²) in [5, 5.41) is 0. The summed E-state index contributed by atoms with van der Waals surface area (Å²) in [6.07, 6.45) is 4.14. The zero-order chi connectivity index (χ0) is 22.0. The van der Waals surface area contributed by atoms with Gasteiger partial charge in [-0.1, -0.05) is 36.4 Å². The quantitative estimate of drug-likeness (QED) is 0.322. The van der Waals surface area contributed by atoms with Gasteiger partial charge in [0, 0.05) is 5.54 Å². The fraction of sp³-hybridized carbons (Fsp3) is 0.455. The number of methoxy groups -OCH3 is 1. The van der Waals surface area contributed by atoms with Gasteiger partial charge in [-0.25, -0.2) is 4.57 Å². The van der Waals surface area contributed by atoms with Crippen LogP contribution in [0.4, 0.5) is 0 Å². The molecule has 0 aromatic heterocycles. The molecular weight excluding hydrogens is 405 g/mol. The maximum absolute atomic E-state index is 10.9. The van der Waals surface area contributed by atoms with E-state index in [9.17, 15) is 4.57 Å². The summed E-state index contributed by atoms with van der Waals surface area (Å²) >= 11 is 0. The molecule has 0 unspecified atom stereocenters. The molecule has 0 amide bonds. The molecule has 0 aliphatic carbocycles. The summed E-state index contributed by atoms with van der Waals surface area (Å²) in [5.74, 6) is 1.35. The minimum Gasteiger partial charge on any atom is -0.493 e. The number of phosphoric ester groups is 1. The molecule has 2 aromatic rings. The summed E-state index contributed by atoms with van der Waals surface area (Å²) in [5.41, 5.74) is 7.55. The molecule has 7 nitrogen and oxygen atoms in total. The third kappa shape index (κ3) is 9.28. The van der Waals surface area contributed by atoms with E-state index in [1.807, 2.05) is 24.3 Å². The maximum Gasteiger partial charge on any atom is 0.469 e. The molecule has 2 aromatic carbocycles. The van der Waals surface area contributed by atoms with E-state index in [0.717, 1.165) is 24.8 Å². The van der Waals surface area contributed by atoms with Crippen LogP contribution < -0.4 is 15.2 Å². The minimum absolute atomic E-state index is 0.224. The predicted molar refractivity (Wildman–Crippen MR) is 117 cm³/mol. The highest BCUT2D eigenvalue weighted by Gasteiger charge is 2.24. The molecule has 30 heavy (non-hydrogen) atoms. The third-order valence-corrected chi connectivity index (χ3v) is 5.20. The summed E-state index contributed by atoms with van der Waals surface area (Å²) in [4.78, 5) is 17.7. The van der Waals surface area contributed by atoms with Crippen LogP contribution in [-0.4, -0.2) is 35.6 Å². The van der Waals surface area contributed by atoms with Crippen LogP contribution >= 0.6 is 7.82 Å². The first-order chi connectivity index (χ1) is 14.2. The lowest BCUT2D eigenvalue weighted by Crippen LogP contribution is -2.41. The zero-order valence-corrected chi connectivity index (χ0v) is 18.5. The van der Waals surface area contributed by atoms with Gasteiger partial charge in [0.25, 0.3) is 0 Å². The SMILES string of the molecule is COc1cc(CC[C@@](C)(N)COP(=O)(O)O)ccc1OCCCCc1ccccc1. The zero-order valence-electron chi connectivity index (χ0n) is 17.6. The molecule has 0 aliphatic rings. The molecule has 0 radical (unpaired) electrons. The highest BCUT2D eigenvalue weighted by atomic mass is 31.2. The smallest absolute Gasteiger partial charge is 0.469 e. The molecule has 0 fully saturated rings. The van der Waals surface area contributed by atoms with Gasteiger partial charge in [-0.05, 0) is 62.3 Å². The van der Waals surface area contributed by atoms with E-state index < -0.39 is 13.4 Å². The van der Waals surface area contributed by atoms with Crippen molar-refractivity contribution in [2.45, 2.75) is 44.6 Å². The Labute approximate surface area is 178 Å². The fourth-order valence-corrected chi connectivity index (χ4v) is 3.44. The van der Waals surface area contributed by atoms with Crippen molar-refractivity contribution in [3.63, 3.8) is 0 Å². The number of aryl methyl sites for hydroxylation is 2. The van der Waals surface area contributed by atoms with E-state index in [4.69, 9.17) is 25.0 Å². The Balaban J connectivity index is 1.80. The average molecular weight is 437 g/mol. The van der Waals surface area contributed by atoms with E-state index in [-0.39, 0.29) is 6.61 Å². The normalized spacial score (nSPS) is 13.6. The van der Waals surface area contributed by atoms with Crippen LogP contribution in [0.25, 0.3) is 0 Å². The Morgan fingerprint density at radius 1 is 1.00 bits per heavy atom. The molecule has 8 heteroatoms. The monoisotopic (exact) mass is 437 g/mol. The molecule has 2 rings (SSSR count). The largest absolute Gasteiger partial charge is 0.493 e. The second kappa shape index (κ2) is 11.5. The second-order valence-corrected chi connectivity index (χ2v) is 8.93. The fourth-order valence-electron chi connectivity index (χ4n) is 2.98. The maximum atomic E-state index is 10.9. The summed E-state index contributed by atoms with van der Waals surface area (Å²) in [6, 6.07) is 16.1. The molecule has 0 bridgehead atoms. The van der Waals surface area contributed by atoms with Crippen molar-refractivity contribution in [3.05, 3.63) is 59.7 Å². The van der Waals surface area contributed by atoms with Gasteiger partial charge in [-0.15, -0.1) is 0 Å². The molecular formula is C22H32NO6P. The highest BCUT2D eigenvalue weighted by Crippen LogP contribution is 2.37. The van der Waals surface area contributed by atoms with Crippen LogP contribution in [0, 0.1) is 0 Å². The molecule has 0 saturated heterocycles. The van der Waals surface area contributed by atoms with Crippen molar-refractivity contribution in [1.29, 1.82) is 0 Å². The number of rotatable bonds is 13. The lowest BCUT2D eigenvalue weighted by atomic mass is 9.95. The third-order valence-electron chi connectivity index (χ3n) is 4.74. The van der Waals surface area contributed by atoms with Crippen molar-refractivity contribution in [3.8, 4) is 11.5 Å². The van der Waals surface area contributed by atoms with Crippen LogP contribution in [0.15, 0.2) is 48.5 Å². The van der Waals surface area contributed by atoms with E-state index in [0.29, 0.717) is 30.9 Å². The van der Waals surface area contributed by atoms with E-state index in [1.165, 1.54) is 5.56 Å². The molecule has 0 heterocycles. The molecule has 166 valence electrons. The Morgan fingerprint density at radius 2 is 1.73 bits per heavy atom. The number of phosphoric acid groups is 1. The molecule has 1 atom stereocenters. The van der Waals surface area contributed by atoms with Crippen molar-refractivity contribution in [2.24, 2.45) is 5.73 Å². The number of benzene rings is 2. The topological polar surface area (TPSA) is 111 Å². The highest BCUT2D eigenvalue weighted by molar-refractivity contribution is 7.46. The van der Waals surface area contributed by atoms with Crippen LogP contribution in [0.5, 0.6) is 11.5 Å². The van der Waals surface area contributed by atoms with Crippen LogP contribution in [-0.2, 0) is 21.9 Å². The van der Waals surface area contributed by atoms with Crippen LogP contribution in [0.3, 0.4) is 0 Å². The standard InChI is InChI=1S/C22H32NO6P/c1-22(23,17-29-30(24,25)26)14-13-19-11-12-20(21(16-19)27-2)28-15-7-6-10-18-8-4-3-5-9-18/h3-5,8-9,11-12,16H,6-7,10,13-15,17,23H2,1-2H3,(H2,24,25,26)/t22-/m1/s1. The lowest BCUT2D eigenvalue weighted by molar-refractivity contribution is 0.154. The number of ether oxygens (including phenoxy) is 2. The summed E-state index contributed by atoms with van der Waals surface area (Å²) < 4.78 is 26.7. The summed E-state index contributed by atoms with van der Waals surface area (Å²) in [7, 11) is -2.93. The van der Waals surface area contributed by atoms with Crippen molar-refractivity contribution >= 4 is 7.82 Å².